The number of tetrazole rings is 1. The molecule has 2 aromatic heterocycles. The van der Waals surface area contributed by atoms with Crippen LogP contribution < -0.4 is 5.32 Å². The minimum Gasteiger partial charge on any atom is -0.302 e. The van der Waals surface area contributed by atoms with Gasteiger partial charge < -0.3 is 5.32 Å². The summed E-state index contributed by atoms with van der Waals surface area (Å²) < 4.78 is 1.79. The van der Waals surface area contributed by atoms with Gasteiger partial charge in [-0.1, -0.05) is 6.42 Å². The first kappa shape index (κ1) is 16.6. The molecule has 134 valence electrons. The maximum atomic E-state index is 12.6. The maximum Gasteiger partial charge on any atom is 0.229 e. The van der Waals surface area contributed by atoms with Gasteiger partial charge in [-0.15, -0.1) is 16.4 Å². The molecule has 0 saturated heterocycles. The lowest BCUT2D eigenvalue weighted by atomic mass is 9.81. The number of carbonyl (C=O) groups is 1. The third-order valence-electron chi connectivity index (χ3n) is 5.38. The topological polar surface area (TPSA) is 85.6 Å². The zero-order valence-electron chi connectivity index (χ0n) is 14.4. The van der Waals surface area contributed by atoms with Crippen molar-refractivity contribution >= 4 is 22.4 Å². The highest BCUT2D eigenvalue weighted by Crippen LogP contribution is 2.32. The number of hydrogen-bond acceptors (Lipinski definition) is 6. The van der Waals surface area contributed by atoms with Gasteiger partial charge in [0.05, 0.1) is 5.69 Å². The highest BCUT2D eigenvalue weighted by atomic mass is 32.1. The monoisotopic (exact) mass is 360 g/mol. The van der Waals surface area contributed by atoms with Crippen LogP contribution in [0.2, 0.25) is 0 Å². The zero-order chi connectivity index (χ0) is 17.1. The van der Waals surface area contributed by atoms with Gasteiger partial charge in [0.1, 0.15) is 6.33 Å². The summed E-state index contributed by atoms with van der Waals surface area (Å²) >= 11 is 1.68. The lowest BCUT2D eigenvalue weighted by Crippen LogP contribution is -2.28. The van der Waals surface area contributed by atoms with Crippen LogP contribution in [-0.4, -0.2) is 31.1 Å². The summed E-state index contributed by atoms with van der Waals surface area (Å²) in [6, 6.07) is 0. The Hall–Kier alpha value is -1.83. The summed E-state index contributed by atoms with van der Waals surface area (Å²) in [5, 5.41) is 15.2. The maximum absolute atomic E-state index is 12.6. The average molecular weight is 360 g/mol. The molecule has 2 heterocycles. The van der Waals surface area contributed by atoms with E-state index in [0.29, 0.717) is 5.92 Å². The molecule has 2 aliphatic rings. The van der Waals surface area contributed by atoms with Crippen molar-refractivity contribution in [2.45, 2.75) is 64.3 Å². The van der Waals surface area contributed by atoms with Crippen molar-refractivity contribution in [3.63, 3.8) is 0 Å². The van der Waals surface area contributed by atoms with E-state index in [0.717, 1.165) is 50.2 Å². The van der Waals surface area contributed by atoms with Gasteiger partial charge in [-0.2, -0.15) is 0 Å². The van der Waals surface area contributed by atoms with Gasteiger partial charge in [0, 0.05) is 17.3 Å². The molecule has 0 bridgehead atoms. The minimum absolute atomic E-state index is 0.105. The van der Waals surface area contributed by atoms with E-state index in [1.54, 1.807) is 22.3 Å². The van der Waals surface area contributed by atoms with Crippen LogP contribution in [0.5, 0.6) is 0 Å². The van der Waals surface area contributed by atoms with E-state index in [1.165, 1.54) is 29.8 Å². The summed E-state index contributed by atoms with van der Waals surface area (Å²) in [5.74, 6) is 0.807. The molecule has 4 rings (SSSR count). The first-order valence-corrected chi connectivity index (χ1v) is 10.1. The second kappa shape index (κ2) is 7.59. The Morgan fingerprint density at radius 1 is 1.20 bits per heavy atom. The number of fused-ring (bicyclic) bond motifs is 1. The molecule has 25 heavy (non-hydrogen) atoms. The van der Waals surface area contributed by atoms with E-state index in [4.69, 9.17) is 0 Å². The molecule has 7 nitrogen and oxygen atoms in total. The van der Waals surface area contributed by atoms with Crippen molar-refractivity contribution in [3.05, 3.63) is 16.9 Å². The molecule has 1 fully saturated rings. The molecular formula is C17H24N6OS. The summed E-state index contributed by atoms with van der Waals surface area (Å²) in [6.45, 7) is 0.848. The molecule has 0 aliphatic heterocycles. The highest BCUT2D eigenvalue weighted by Gasteiger charge is 2.27. The number of rotatable bonds is 4. The Kier molecular flexibility index (Phi) is 5.05. The van der Waals surface area contributed by atoms with Gasteiger partial charge in [0.15, 0.2) is 5.13 Å². The number of amides is 1. The van der Waals surface area contributed by atoms with Crippen LogP contribution in [0.25, 0.3) is 0 Å². The van der Waals surface area contributed by atoms with E-state index in [2.05, 4.69) is 25.8 Å². The van der Waals surface area contributed by atoms with Crippen LogP contribution in [0.15, 0.2) is 6.33 Å². The molecule has 0 spiro atoms. The summed E-state index contributed by atoms with van der Waals surface area (Å²) in [6.07, 6.45) is 11.5. The van der Waals surface area contributed by atoms with Crippen molar-refractivity contribution in [3.8, 4) is 0 Å². The molecule has 2 aromatic rings. The molecule has 0 atom stereocenters. The third kappa shape index (κ3) is 4.05. The Balaban J connectivity index is 1.29. The number of carbonyl (C=O) groups excluding carboxylic acids is 1. The number of aryl methyl sites for hydroxylation is 2. The number of nitrogens with one attached hydrogen (secondary N) is 1. The van der Waals surface area contributed by atoms with Gasteiger partial charge in [0.25, 0.3) is 0 Å². The van der Waals surface area contributed by atoms with Crippen molar-refractivity contribution < 1.29 is 4.79 Å². The van der Waals surface area contributed by atoms with E-state index < -0.39 is 0 Å². The molecule has 0 unspecified atom stereocenters. The quantitative estimate of drug-likeness (QED) is 0.848. The molecule has 1 amide bonds. The SMILES string of the molecule is O=C(Nc1nc2c(s1)CCCCC2)C1CCC(Cn2cnnn2)CC1. The first-order valence-electron chi connectivity index (χ1n) is 9.28. The highest BCUT2D eigenvalue weighted by molar-refractivity contribution is 7.15. The third-order valence-corrected chi connectivity index (χ3v) is 6.45. The second-order valence-corrected chi connectivity index (χ2v) is 8.27. The fourth-order valence-electron chi connectivity index (χ4n) is 3.93. The molecule has 2 aliphatic carbocycles. The fourth-order valence-corrected chi connectivity index (χ4v) is 4.98. The number of anilines is 1. The van der Waals surface area contributed by atoms with Crippen molar-refractivity contribution in [1.29, 1.82) is 0 Å². The van der Waals surface area contributed by atoms with Crippen LogP contribution in [0, 0.1) is 11.8 Å². The van der Waals surface area contributed by atoms with Crippen molar-refractivity contribution in [1.82, 2.24) is 25.2 Å². The number of thiazole rings is 1. The predicted molar refractivity (Wildman–Crippen MR) is 95.3 cm³/mol. The van der Waals surface area contributed by atoms with Crippen LogP contribution in [0.3, 0.4) is 0 Å². The number of aromatic nitrogens is 5. The lowest BCUT2D eigenvalue weighted by Gasteiger charge is -2.27. The predicted octanol–water partition coefficient (Wildman–Crippen LogP) is 2.84. The molecular weight excluding hydrogens is 336 g/mol. The molecule has 8 heteroatoms. The summed E-state index contributed by atoms with van der Waals surface area (Å²) in [4.78, 5) is 18.6. The Bertz CT molecular complexity index is 681. The molecule has 0 radical (unpaired) electrons. The van der Waals surface area contributed by atoms with Gasteiger partial charge in [-0.05, 0) is 67.7 Å². The first-order chi connectivity index (χ1) is 12.3. The van der Waals surface area contributed by atoms with Crippen LogP contribution in [0.4, 0.5) is 5.13 Å². The summed E-state index contributed by atoms with van der Waals surface area (Å²) in [5.41, 5.74) is 1.21. The van der Waals surface area contributed by atoms with Crippen molar-refractivity contribution in [2.75, 3.05) is 5.32 Å². The zero-order valence-corrected chi connectivity index (χ0v) is 15.2. The minimum atomic E-state index is 0.105. The fraction of sp³-hybridized carbons (Fsp3) is 0.706. The van der Waals surface area contributed by atoms with E-state index >= 15 is 0 Å². The van der Waals surface area contributed by atoms with Gasteiger partial charge in [-0.3, -0.25) is 4.79 Å². The van der Waals surface area contributed by atoms with Gasteiger partial charge in [-0.25, -0.2) is 9.67 Å². The average Bonchev–Trinajstić information content (AvgIpc) is 3.21. The Labute approximate surface area is 151 Å². The lowest BCUT2D eigenvalue weighted by molar-refractivity contribution is -0.121. The largest absolute Gasteiger partial charge is 0.302 e. The molecule has 1 N–H and O–H groups in total. The van der Waals surface area contributed by atoms with Crippen LogP contribution in [-0.2, 0) is 24.2 Å². The smallest absolute Gasteiger partial charge is 0.229 e. The Morgan fingerprint density at radius 3 is 2.84 bits per heavy atom. The second-order valence-electron chi connectivity index (χ2n) is 7.19. The molecule has 0 aromatic carbocycles. The van der Waals surface area contributed by atoms with E-state index in [-0.39, 0.29) is 11.8 Å². The van der Waals surface area contributed by atoms with Crippen LogP contribution >= 0.6 is 11.3 Å². The normalized spacial score (nSPS) is 23.7. The number of nitrogens with zero attached hydrogens (tertiary/aromatic N) is 5. The number of hydrogen-bond donors (Lipinski definition) is 1. The van der Waals surface area contributed by atoms with Crippen molar-refractivity contribution in [2.24, 2.45) is 11.8 Å². The van der Waals surface area contributed by atoms with E-state index in [1.807, 2.05) is 0 Å². The van der Waals surface area contributed by atoms with Gasteiger partial charge in [0.2, 0.25) is 5.91 Å². The standard InChI is InChI=1S/C17H24N6OS/c24-16(20-17-19-14-4-2-1-3-5-15(14)25-17)13-8-6-12(7-9-13)10-23-11-18-21-22-23/h11-13H,1-10H2,(H,19,20,24). The molecule has 1 saturated carbocycles. The van der Waals surface area contributed by atoms with E-state index in [9.17, 15) is 4.79 Å². The Morgan fingerprint density at radius 2 is 2.04 bits per heavy atom. The van der Waals surface area contributed by atoms with Gasteiger partial charge >= 0.3 is 0 Å². The summed E-state index contributed by atoms with van der Waals surface area (Å²) in [7, 11) is 0. The van der Waals surface area contributed by atoms with Crippen LogP contribution in [0.1, 0.15) is 55.5 Å².